The lowest BCUT2D eigenvalue weighted by Gasteiger charge is -2.32. The molecule has 1 fully saturated rings. The van der Waals surface area contributed by atoms with Gasteiger partial charge in [0.25, 0.3) is 0 Å². The Bertz CT molecular complexity index is 1800. The van der Waals surface area contributed by atoms with E-state index in [0.29, 0.717) is 0 Å². The fraction of sp³-hybridized carbons (Fsp3) is 0.188. The molecule has 0 amide bonds. The Morgan fingerprint density at radius 1 is 0.583 bits per heavy atom. The van der Waals surface area contributed by atoms with Gasteiger partial charge >= 0.3 is 7.12 Å². The van der Waals surface area contributed by atoms with E-state index in [4.69, 9.17) is 13.7 Å². The molecular formula is C32H27BO3. The van der Waals surface area contributed by atoms with Crippen molar-refractivity contribution < 1.29 is 13.7 Å². The Morgan fingerprint density at radius 3 is 2.03 bits per heavy atom. The molecule has 1 aromatic heterocycles. The Morgan fingerprint density at radius 2 is 1.25 bits per heavy atom. The van der Waals surface area contributed by atoms with E-state index in [0.717, 1.165) is 38.4 Å². The summed E-state index contributed by atoms with van der Waals surface area (Å²) >= 11 is 0. The van der Waals surface area contributed by atoms with E-state index in [2.05, 4.69) is 119 Å². The molecule has 1 saturated heterocycles. The van der Waals surface area contributed by atoms with Gasteiger partial charge in [0.15, 0.2) is 0 Å². The first kappa shape index (κ1) is 21.7. The van der Waals surface area contributed by atoms with Gasteiger partial charge < -0.3 is 13.7 Å². The molecule has 0 N–H and O–H groups in total. The highest BCUT2D eigenvalue weighted by atomic mass is 16.7. The summed E-state index contributed by atoms with van der Waals surface area (Å²) in [5.74, 6) is 0. The van der Waals surface area contributed by atoms with E-state index in [-0.39, 0.29) is 18.3 Å². The summed E-state index contributed by atoms with van der Waals surface area (Å²) < 4.78 is 19.1. The van der Waals surface area contributed by atoms with E-state index in [1.54, 1.807) is 0 Å². The quantitative estimate of drug-likeness (QED) is 0.242. The van der Waals surface area contributed by atoms with E-state index in [1.807, 2.05) is 0 Å². The normalized spacial score (nSPS) is 17.1. The lowest BCUT2D eigenvalue weighted by Crippen LogP contribution is -2.41. The molecule has 1 aliphatic heterocycles. The van der Waals surface area contributed by atoms with Gasteiger partial charge in [-0.05, 0) is 78.6 Å². The maximum atomic E-state index is 6.48. The van der Waals surface area contributed by atoms with E-state index >= 15 is 0 Å². The summed E-state index contributed by atoms with van der Waals surface area (Å²) in [5.41, 5.74) is 4.44. The number of fused-ring (bicyclic) bond motifs is 6. The van der Waals surface area contributed by atoms with Crippen LogP contribution in [0.2, 0.25) is 0 Å². The average molecular weight is 470 g/mol. The molecule has 4 heteroatoms. The standard InChI is InChI=1S/C32H27BO3/c1-31(2)32(3,4)36-33(35-31)23-12-7-11-22(17-23)24-13-8-14-26-25(24)15-16-27-28-18-20-9-5-6-10-21(20)19-29(28)34-30(26)27/h5-19H,1-4H3. The molecule has 0 spiro atoms. The van der Waals surface area contributed by atoms with Crippen LogP contribution in [0, 0.1) is 0 Å². The van der Waals surface area contributed by atoms with Crippen LogP contribution < -0.4 is 5.46 Å². The van der Waals surface area contributed by atoms with Crippen LogP contribution in [0.4, 0.5) is 0 Å². The van der Waals surface area contributed by atoms with Crippen molar-refractivity contribution in [2.75, 3.05) is 0 Å². The summed E-state index contributed by atoms with van der Waals surface area (Å²) in [4.78, 5) is 0. The van der Waals surface area contributed by atoms with Crippen LogP contribution in [0.5, 0.6) is 0 Å². The zero-order valence-corrected chi connectivity index (χ0v) is 21.0. The summed E-state index contributed by atoms with van der Waals surface area (Å²) in [6.45, 7) is 8.35. The van der Waals surface area contributed by atoms with E-state index < -0.39 is 0 Å². The monoisotopic (exact) mass is 470 g/mol. The number of hydrogen-bond acceptors (Lipinski definition) is 3. The van der Waals surface area contributed by atoms with Gasteiger partial charge in [0.05, 0.1) is 11.2 Å². The summed E-state index contributed by atoms with van der Waals surface area (Å²) in [6.07, 6.45) is 0. The Balaban J connectivity index is 1.38. The smallest absolute Gasteiger partial charge is 0.455 e. The zero-order chi connectivity index (χ0) is 24.7. The van der Waals surface area contributed by atoms with Crippen molar-refractivity contribution in [2.24, 2.45) is 0 Å². The van der Waals surface area contributed by atoms with Gasteiger partial charge in [-0.15, -0.1) is 0 Å². The number of benzene rings is 5. The first-order valence-electron chi connectivity index (χ1n) is 12.5. The molecule has 0 bridgehead atoms. The number of hydrogen-bond donors (Lipinski definition) is 0. The molecule has 36 heavy (non-hydrogen) atoms. The van der Waals surface area contributed by atoms with Crippen LogP contribution in [-0.4, -0.2) is 18.3 Å². The van der Waals surface area contributed by atoms with Crippen molar-refractivity contribution in [3.05, 3.63) is 91.0 Å². The van der Waals surface area contributed by atoms with Crippen LogP contribution in [0.15, 0.2) is 95.4 Å². The van der Waals surface area contributed by atoms with E-state index in [9.17, 15) is 0 Å². The topological polar surface area (TPSA) is 31.6 Å². The van der Waals surface area contributed by atoms with Gasteiger partial charge in [-0.1, -0.05) is 72.8 Å². The molecule has 0 atom stereocenters. The van der Waals surface area contributed by atoms with Crippen LogP contribution in [0.1, 0.15) is 27.7 Å². The van der Waals surface area contributed by atoms with Gasteiger partial charge in [0, 0.05) is 16.2 Å². The lowest BCUT2D eigenvalue weighted by atomic mass is 9.77. The van der Waals surface area contributed by atoms with Crippen molar-refractivity contribution in [2.45, 2.75) is 38.9 Å². The third kappa shape index (κ3) is 3.15. The Kier molecular flexibility index (Phi) is 4.49. The highest BCUT2D eigenvalue weighted by Gasteiger charge is 2.51. The fourth-order valence-electron chi connectivity index (χ4n) is 5.36. The van der Waals surface area contributed by atoms with Crippen LogP contribution >= 0.6 is 0 Å². The number of furan rings is 1. The van der Waals surface area contributed by atoms with Crippen LogP contribution in [0.25, 0.3) is 54.6 Å². The molecule has 176 valence electrons. The zero-order valence-electron chi connectivity index (χ0n) is 21.0. The maximum Gasteiger partial charge on any atom is 0.494 e. The maximum absolute atomic E-state index is 6.48. The molecule has 0 saturated carbocycles. The second-order valence-electron chi connectivity index (χ2n) is 10.9. The highest BCUT2D eigenvalue weighted by molar-refractivity contribution is 6.62. The van der Waals surface area contributed by atoms with Gasteiger partial charge in [-0.25, -0.2) is 0 Å². The third-order valence-corrected chi connectivity index (χ3v) is 8.09. The van der Waals surface area contributed by atoms with Crippen LogP contribution in [0.3, 0.4) is 0 Å². The minimum atomic E-state index is -0.388. The molecule has 0 unspecified atom stereocenters. The van der Waals surface area contributed by atoms with Gasteiger partial charge in [0.2, 0.25) is 0 Å². The molecule has 5 aromatic carbocycles. The summed E-state index contributed by atoms with van der Waals surface area (Å²) in [7, 11) is -0.388. The summed E-state index contributed by atoms with van der Waals surface area (Å²) in [5, 5.41) is 6.99. The predicted octanol–water partition coefficient (Wildman–Crippen LogP) is 7.86. The predicted molar refractivity (Wildman–Crippen MR) is 150 cm³/mol. The van der Waals surface area contributed by atoms with Crippen LogP contribution in [-0.2, 0) is 9.31 Å². The lowest BCUT2D eigenvalue weighted by molar-refractivity contribution is 0.00578. The first-order chi connectivity index (χ1) is 17.3. The summed E-state index contributed by atoms with van der Waals surface area (Å²) in [6, 6.07) is 32.2. The minimum Gasteiger partial charge on any atom is -0.455 e. The van der Waals surface area contributed by atoms with Crippen molar-refractivity contribution >= 4 is 56.1 Å². The van der Waals surface area contributed by atoms with Crippen molar-refractivity contribution in [1.29, 1.82) is 0 Å². The average Bonchev–Trinajstić information content (AvgIpc) is 3.34. The van der Waals surface area contributed by atoms with Crippen molar-refractivity contribution in [3.63, 3.8) is 0 Å². The SMILES string of the molecule is CC1(C)OB(c2cccc(-c3cccc4c3ccc3c5cc6ccccc6cc5oc43)c2)OC1(C)C. The fourth-order valence-corrected chi connectivity index (χ4v) is 5.36. The largest absolute Gasteiger partial charge is 0.494 e. The molecule has 3 nitrogen and oxygen atoms in total. The number of rotatable bonds is 2. The third-order valence-electron chi connectivity index (χ3n) is 8.09. The molecule has 6 aromatic rings. The minimum absolute atomic E-state index is 0.370. The Labute approximate surface area is 210 Å². The first-order valence-corrected chi connectivity index (χ1v) is 12.5. The van der Waals surface area contributed by atoms with E-state index in [1.165, 1.54) is 21.7 Å². The molecular weight excluding hydrogens is 443 g/mol. The van der Waals surface area contributed by atoms with Crippen molar-refractivity contribution in [1.82, 2.24) is 0 Å². The van der Waals surface area contributed by atoms with Gasteiger partial charge in [-0.2, -0.15) is 0 Å². The second kappa shape index (κ2) is 7.46. The molecule has 2 heterocycles. The molecule has 7 rings (SSSR count). The molecule has 0 radical (unpaired) electrons. The molecule has 0 aliphatic carbocycles. The molecule has 1 aliphatic rings. The van der Waals surface area contributed by atoms with Gasteiger partial charge in [0.1, 0.15) is 11.2 Å². The highest BCUT2D eigenvalue weighted by Crippen LogP contribution is 2.40. The van der Waals surface area contributed by atoms with Gasteiger partial charge in [-0.3, -0.25) is 0 Å². The van der Waals surface area contributed by atoms with Crippen molar-refractivity contribution in [3.8, 4) is 11.1 Å². The Hall–Kier alpha value is -3.60. The second-order valence-corrected chi connectivity index (χ2v) is 10.9.